The lowest BCUT2D eigenvalue weighted by molar-refractivity contribution is 0.170. The lowest BCUT2D eigenvalue weighted by Crippen LogP contribution is -1.93. The molecule has 0 unspecified atom stereocenters. The lowest BCUT2D eigenvalue weighted by Gasteiger charge is -1.97. The number of hydrogen-bond acceptors (Lipinski definition) is 6. The Labute approximate surface area is 302 Å². The summed E-state index contributed by atoms with van der Waals surface area (Å²) in [7, 11) is 0. The van der Waals surface area contributed by atoms with Gasteiger partial charge < -0.3 is 14.5 Å². The number of aromatic amines is 1. The Hall–Kier alpha value is -6.08. The monoisotopic (exact) mass is 677 g/mol. The van der Waals surface area contributed by atoms with Crippen LogP contribution in [0.25, 0.3) is 17.1 Å². The number of rotatable bonds is 0. The second-order valence-electron chi connectivity index (χ2n) is 12.1. The van der Waals surface area contributed by atoms with Crippen molar-refractivity contribution in [3.8, 4) is 11.6 Å². The van der Waals surface area contributed by atoms with Crippen LogP contribution in [0, 0.1) is 41.5 Å². The van der Waals surface area contributed by atoms with Gasteiger partial charge in [-0.15, -0.1) is 0 Å². The average Bonchev–Trinajstić information content (AvgIpc) is 3.92. The first-order valence-corrected chi connectivity index (χ1v) is 16.9. The van der Waals surface area contributed by atoms with Crippen LogP contribution in [0.4, 0.5) is 0 Å². The Morgan fingerprint density at radius 2 is 1.33 bits per heavy atom. The summed E-state index contributed by atoms with van der Waals surface area (Å²) in [5, 5.41) is 1.18. The summed E-state index contributed by atoms with van der Waals surface area (Å²) in [4.78, 5) is 18.9. The summed E-state index contributed by atoms with van der Waals surface area (Å²) in [6.45, 7) is 12.5. The van der Waals surface area contributed by atoms with Crippen LogP contribution in [-0.2, 0) is 6.42 Å². The van der Waals surface area contributed by atoms with Crippen molar-refractivity contribution in [2.24, 2.45) is 0 Å². The van der Waals surface area contributed by atoms with Crippen molar-refractivity contribution in [2.45, 2.75) is 48.0 Å². The molecule has 0 saturated heterocycles. The first-order chi connectivity index (χ1) is 24.8. The molecule has 0 atom stereocenters. The van der Waals surface area contributed by atoms with Gasteiger partial charge in [0.25, 0.3) is 5.88 Å². The van der Waals surface area contributed by atoms with Crippen molar-refractivity contribution in [3.63, 3.8) is 0 Å². The van der Waals surface area contributed by atoms with E-state index in [9.17, 15) is 0 Å². The quantitative estimate of drug-likeness (QED) is 0.172. The molecule has 2 aliphatic rings. The second-order valence-corrected chi connectivity index (χ2v) is 12.1. The maximum absolute atomic E-state index is 5.14. The topological polar surface area (TPSA) is 85.8 Å². The van der Waals surface area contributed by atoms with Crippen molar-refractivity contribution in [1.82, 2.24) is 24.9 Å². The van der Waals surface area contributed by atoms with Gasteiger partial charge in [0, 0.05) is 42.6 Å². The Balaban J connectivity index is 0.000000138. The molecule has 9 rings (SSSR count). The number of aryl methyl sites for hydroxylation is 6. The van der Waals surface area contributed by atoms with Gasteiger partial charge in [-0.05, 0) is 88.4 Å². The van der Waals surface area contributed by atoms with Crippen molar-refractivity contribution in [1.29, 1.82) is 0 Å². The summed E-state index contributed by atoms with van der Waals surface area (Å²) in [6, 6.07) is 33.2. The number of hydrogen-bond donors (Lipinski definition) is 1. The number of pyridine rings is 2. The van der Waals surface area contributed by atoms with Crippen LogP contribution in [0.5, 0.6) is 11.6 Å². The molecule has 4 aromatic heterocycles. The highest BCUT2D eigenvalue weighted by molar-refractivity contribution is 5.75. The summed E-state index contributed by atoms with van der Waals surface area (Å²) < 4.78 is 10.2. The Morgan fingerprint density at radius 1 is 0.608 bits per heavy atom. The van der Waals surface area contributed by atoms with E-state index < -0.39 is 0 Å². The van der Waals surface area contributed by atoms with Crippen LogP contribution in [0.2, 0.25) is 0 Å². The smallest absolute Gasteiger partial charge is 0.260 e. The summed E-state index contributed by atoms with van der Waals surface area (Å²) in [5.74, 6) is 1.39. The average molecular weight is 678 g/mol. The van der Waals surface area contributed by atoms with Crippen LogP contribution in [0.3, 0.4) is 0 Å². The molecule has 0 radical (unpaired) electrons. The number of fused-ring (bicyclic) bond motifs is 3. The highest BCUT2D eigenvalue weighted by atomic mass is 16.7. The molecule has 1 aliphatic heterocycles. The number of allylic oxidation sites excluding steroid dienone is 1. The fraction of sp³-hybridized carbons (Fsp3) is 0.182. The van der Waals surface area contributed by atoms with Gasteiger partial charge in [-0.25, -0.2) is 9.97 Å². The molecule has 0 fully saturated rings. The van der Waals surface area contributed by atoms with E-state index >= 15 is 0 Å². The van der Waals surface area contributed by atoms with Crippen LogP contribution in [-0.4, -0.2) is 31.7 Å². The molecule has 0 spiro atoms. The highest BCUT2D eigenvalue weighted by Crippen LogP contribution is 2.31. The fourth-order valence-corrected chi connectivity index (χ4v) is 4.80. The standard InChI is InChI=1S/C10H10.C8H8N2.C7H7NO2.2C7H8.C5H6N2/c1-8-5-6-9-3-2-4-10(9)7-8;1-6-4-7-2-3-9-8(7)10-5-6;1-5-2-3-8-7-6(5)9-4-10-7;2*1-7-5-3-2-4-6-7;1-5-4-6-2-3-7-5/h2,4-7H,3H2,1H3;2-5H,1H3,(H,9,10);2-3H,4H2,1H3;2*2-6H,1H3;2-4H,1H3. The zero-order chi connectivity index (χ0) is 36.3. The number of nitrogens with one attached hydrogen (secondary N) is 1. The molecule has 51 heavy (non-hydrogen) atoms. The van der Waals surface area contributed by atoms with Crippen LogP contribution >= 0.6 is 0 Å². The minimum absolute atomic E-state index is 0.299. The van der Waals surface area contributed by atoms with E-state index in [-0.39, 0.29) is 0 Å². The molecular formula is C44H47N5O2. The van der Waals surface area contributed by atoms with Crippen molar-refractivity contribution in [2.75, 3.05) is 6.79 Å². The Bertz CT molecular complexity index is 1970. The third-order valence-corrected chi connectivity index (χ3v) is 7.51. The molecule has 0 saturated carbocycles. The normalized spacial score (nSPS) is 11.0. The third kappa shape index (κ3) is 13.4. The highest BCUT2D eigenvalue weighted by Gasteiger charge is 2.15. The Kier molecular flexibility index (Phi) is 15.1. The number of benzene rings is 3. The van der Waals surface area contributed by atoms with E-state index in [1.54, 1.807) is 24.8 Å². The maximum atomic E-state index is 5.14. The van der Waals surface area contributed by atoms with E-state index in [4.69, 9.17) is 9.47 Å². The number of H-pyrrole nitrogens is 1. The molecule has 7 aromatic rings. The minimum atomic E-state index is 0.299. The number of nitrogens with zero attached hydrogens (tertiary/aromatic N) is 4. The third-order valence-electron chi connectivity index (χ3n) is 7.51. The molecule has 7 nitrogen and oxygen atoms in total. The van der Waals surface area contributed by atoms with Gasteiger partial charge in [0.1, 0.15) is 5.65 Å². The first-order valence-electron chi connectivity index (χ1n) is 16.9. The zero-order valence-electron chi connectivity index (χ0n) is 30.4. The van der Waals surface area contributed by atoms with E-state index in [1.165, 1.54) is 38.8 Å². The predicted molar refractivity (Wildman–Crippen MR) is 209 cm³/mol. The van der Waals surface area contributed by atoms with Crippen LogP contribution < -0.4 is 9.47 Å². The maximum Gasteiger partial charge on any atom is 0.260 e. The molecule has 7 heteroatoms. The number of aromatic nitrogens is 5. The SMILES string of the molecule is Cc1ccc2c(c1)C=CC2.Cc1ccccc1.Cc1ccccc1.Cc1ccnc2c1OCO2.Cc1cnc2[nH]ccc2c1.Cc1cnccn1. The van der Waals surface area contributed by atoms with Gasteiger partial charge in [0.2, 0.25) is 6.79 Å². The largest absolute Gasteiger partial charge is 0.451 e. The van der Waals surface area contributed by atoms with Crippen LogP contribution in [0.15, 0.2) is 140 Å². The van der Waals surface area contributed by atoms with Gasteiger partial charge in [-0.2, -0.15) is 0 Å². The fourth-order valence-electron chi connectivity index (χ4n) is 4.80. The molecular weight excluding hydrogens is 631 g/mol. The lowest BCUT2D eigenvalue weighted by atomic mass is 10.1. The zero-order valence-corrected chi connectivity index (χ0v) is 30.4. The van der Waals surface area contributed by atoms with E-state index in [1.807, 2.05) is 81.7 Å². The molecule has 1 aliphatic carbocycles. The number of ether oxygens (including phenoxy) is 2. The van der Waals surface area contributed by atoms with Crippen molar-refractivity contribution >= 4 is 17.1 Å². The first kappa shape index (κ1) is 37.7. The van der Waals surface area contributed by atoms with Gasteiger partial charge in [-0.3, -0.25) is 9.97 Å². The van der Waals surface area contributed by atoms with Crippen LogP contribution in [0.1, 0.15) is 44.6 Å². The molecule has 0 bridgehead atoms. The van der Waals surface area contributed by atoms with Crippen molar-refractivity contribution < 1.29 is 9.47 Å². The van der Waals surface area contributed by atoms with E-state index in [0.717, 1.165) is 29.1 Å². The molecule has 5 heterocycles. The van der Waals surface area contributed by atoms with Gasteiger partial charge in [0.05, 0.1) is 5.69 Å². The molecule has 3 aromatic carbocycles. The van der Waals surface area contributed by atoms with Gasteiger partial charge in [-0.1, -0.05) is 108 Å². The van der Waals surface area contributed by atoms with Gasteiger partial charge in [0.15, 0.2) is 5.75 Å². The van der Waals surface area contributed by atoms with Gasteiger partial charge >= 0.3 is 0 Å². The predicted octanol–water partition coefficient (Wildman–Crippen LogP) is 10.3. The minimum Gasteiger partial charge on any atom is -0.451 e. The van der Waals surface area contributed by atoms with E-state index in [0.29, 0.717) is 12.7 Å². The second kappa shape index (κ2) is 20.4. The molecule has 0 amide bonds. The summed E-state index contributed by atoms with van der Waals surface area (Å²) in [5.41, 5.74) is 11.1. The molecule has 260 valence electrons. The summed E-state index contributed by atoms with van der Waals surface area (Å²) in [6.07, 6.45) is 16.1. The summed E-state index contributed by atoms with van der Waals surface area (Å²) >= 11 is 0. The van der Waals surface area contributed by atoms with E-state index in [2.05, 4.69) is 106 Å². The Morgan fingerprint density at radius 3 is 1.92 bits per heavy atom. The van der Waals surface area contributed by atoms with Crippen molar-refractivity contribution in [3.05, 3.63) is 185 Å². The molecule has 1 N–H and O–H groups in total.